The van der Waals surface area contributed by atoms with Crippen molar-refractivity contribution < 1.29 is 14.3 Å². The molecule has 158 valence electrons. The second-order valence-corrected chi connectivity index (χ2v) is 7.17. The number of ether oxygens (including phenoxy) is 2. The van der Waals surface area contributed by atoms with Gasteiger partial charge in [-0.25, -0.2) is 9.78 Å². The number of carbonyl (C=O) groups is 1. The van der Waals surface area contributed by atoms with Crippen LogP contribution in [0, 0.1) is 17.2 Å². The molecule has 1 aliphatic heterocycles. The minimum Gasteiger partial charge on any atom is -0.493 e. The van der Waals surface area contributed by atoms with Gasteiger partial charge in [-0.15, -0.1) is 0 Å². The number of carbonyl (C=O) groups excluding carboxylic acids is 1. The Bertz CT molecular complexity index is 904. The van der Waals surface area contributed by atoms with Crippen molar-refractivity contribution in [3.05, 3.63) is 47.7 Å². The van der Waals surface area contributed by atoms with Gasteiger partial charge in [0.05, 0.1) is 19.8 Å². The third kappa shape index (κ3) is 5.32. The van der Waals surface area contributed by atoms with Crippen molar-refractivity contribution >= 4 is 11.8 Å². The molecule has 0 atom stereocenters. The van der Waals surface area contributed by atoms with E-state index in [1.54, 1.807) is 32.5 Å². The molecule has 3 rings (SSSR count). The molecule has 2 aromatic rings. The maximum Gasteiger partial charge on any atom is 0.315 e. The lowest BCUT2D eigenvalue weighted by molar-refractivity contribution is 0.237. The average molecular weight is 409 g/mol. The fraction of sp³-hybridized carbons (Fsp3) is 0.409. The summed E-state index contributed by atoms with van der Waals surface area (Å²) >= 11 is 0. The number of pyridine rings is 1. The average Bonchev–Trinajstić information content (AvgIpc) is 2.81. The van der Waals surface area contributed by atoms with Crippen molar-refractivity contribution in [3.63, 3.8) is 0 Å². The van der Waals surface area contributed by atoms with Gasteiger partial charge in [-0.3, -0.25) is 0 Å². The first-order valence-electron chi connectivity index (χ1n) is 9.97. The number of amides is 2. The van der Waals surface area contributed by atoms with Crippen molar-refractivity contribution in [2.24, 2.45) is 5.92 Å². The molecule has 2 amide bonds. The van der Waals surface area contributed by atoms with Gasteiger partial charge in [0.1, 0.15) is 11.9 Å². The molecule has 2 N–H and O–H groups in total. The van der Waals surface area contributed by atoms with Crippen LogP contribution in [0.1, 0.15) is 24.0 Å². The van der Waals surface area contributed by atoms with Crippen molar-refractivity contribution in [1.29, 1.82) is 5.26 Å². The fourth-order valence-corrected chi connectivity index (χ4v) is 3.56. The van der Waals surface area contributed by atoms with Crippen LogP contribution in [0.5, 0.6) is 11.5 Å². The molecule has 0 aliphatic carbocycles. The van der Waals surface area contributed by atoms with E-state index in [0.29, 0.717) is 36.1 Å². The number of nitrogens with one attached hydrogen (secondary N) is 2. The topological polar surface area (TPSA) is 99.5 Å². The number of piperidine rings is 1. The minimum atomic E-state index is -0.191. The third-order valence-corrected chi connectivity index (χ3v) is 5.27. The highest BCUT2D eigenvalue weighted by molar-refractivity contribution is 5.73. The quantitative estimate of drug-likeness (QED) is 0.729. The molecular formula is C22H27N5O3. The highest BCUT2D eigenvalue weighted by Gasteiger charge is 2.22. The van der Waals surface area contributed by atoms with Gasteiger partial charge in [0.15, 0.2) is 11.5 Å². The standard InChI is InChI=1S/C22H27N5O3/c1-29-19-6-5-17(12-20(19)30-2)15-26-22(28)25-14-16-7-10-27(11-8-16)21-18(13-23)4-3-9-24-21/h3-6,9,12,16H,7-8,10-11,14-15H2,1-2H3,(H2,25,26,28). The van der Waals surface area contributed by atoms with E-state index in [0.717, 1.165) is 37.3 Å². The van der Waals surface area contributed by atoms with Gasteiger partial charge >= 0.3 is 6.03 Å². The maximum atomic E-state index is 12.2. The minimum absolute atomic E-state index is 0.191. The lowest BCUT2D eigenvalue weighted by Gasteiger charge is -2.33. The summed E-state index contributed by atoms with van der Waals surface area (Å²) in [6.07, 6.45) is 3.60. The van der Waals surface area contributed by atoms with Crippen LogP contribution in [0.4, 0.5) is 10.6 Å². The number of hydrogen-bond acceptors (Lipinski definition) is 6. The number of rotatable bonds is 7. The number of nitriles is 1. The SMILES string of the molecule is COc1ccc(CNC(=O)NCC2CCN(c3ncccc3C#N)CC2)cc1OC. The van der Waals surface area contributed by atoms with Crippen LogP contribution < -0.4 is 25.0 Å². The number of methoxy groups -OCH3 is 2. The molecule has 1 aromatic heterocycles. The van der Waals surface area contributed by atoms with Gasteiger partial charge in [-0.1, -0.05) is 6.07 Å². The van der Waals surface area contributed by atoms with Crippen LogP contribution in [0.3, 0.4) is 0 Å². The van der Waals surface area contributed by atoms with Crippen LogP contribution in [0.2, 0.25) is 0 Å². The van der Waals surface area contributed by atoms with E-state index in [1.165, 1.54) is 0 Å². The predicted molar refractivity (Wildman–Crippen MR) is 114 cm³/mol. The molecule has 0 unspecified atom stereocenters. The summed E-state index contributed by atoms with van der Waals surface area (Å²) in [5, 5.41) is 15.1. The van der Waals surface area contributed by atoms with Crippen molar-refractivity contribution in [2.45, 2.75) is 19.4 Å². The molecule has 30 heavy (non-hydrogen) atoms. The Kier molecular flexibility index (Phi) is 7.33. The normalized spacial score (nSPS) is 14.0. The van der Waals surface area contributed by atoms with Gasteiger partial charge < -0.3 is 25.0 Å². The molecule has 2 heterocycles. The Balaban J connectivity index is 1.41. The van der Waals surface area contributed by atoms with Crippen LogP contribution in [-0.2, 0) is 6.54 Å². The van der Waals surface area contributed by atoms with Crippen LogP contribution >= 0.6 is 0 Å². The molecule has 1 aliphatic rings. The van der Waals surface area contributed by atoms with E-state index in [4.69, 9.17) is 9.47 Å². The molecule has 1 fully saturated rings. The molecule has 0 saturated carbocycles. The fourth-order valence-electron chi connectivity index (χ4n) is 3.56. The Morgan fingerprint density at radius 3 is 2.67 bits per heavy atom. The number of anilines is 1. The first-order valence-corrected chi connectivity index (χ1v) is 9.97. The van der Waals surface area contributed by atoms with Crippen molar-refractivity contribution in [3.8, 4) is 17.6 Å². The summed E-state index contributed by atoms with van der Waals surface area (Å²) in [5.74, 6) is 2.45. The largest absolute Gasteiger partial charge is 0.493 e. The van der Waals surface area contributed by atoms with E-state index in [-0.39, 0.29) is 6.03 Å². The zero-order chi connectivity index (χ0) is 21.3. The highest BCUT2D eigenvalue weighted by atomic mass is 16.5. The molecular weight excluding hydrogens is 382 g/mol. The summed E-state index contributed by atoms with van der Waals surface area (Å²) in [6.45, 7) is 2.68. The van der Waals surface area contributed by atoms with E-state index < -0.39 is 0 Å². The zero-order valence-electron chi connectivity index (χ0n) is 17.4. The molecule has 8 heteroatoms. The van der Waals surface area contributed by atoms with E-state index in [9.17, 15) is 10.1 Å². The number of benzene rings is 1. The Morgan fingerprint density at radius 2 is 1.97 bits per heavy atom. The Hall–Kier alpha value is -3.47. The van der Waals surface area contributed by atoms with Gasteiger partial charge in [0, 0.05) is 32.4 Å². The second-order valence-electron chi connectivity index (χ2n) is 7.17. The molecule has 1 saturated heterocycles. The van der Waals surface area contributed by atoms with Crippen LogP contribution in [0.15, 0.2) is 36.5 Å². The summed E-state index contributed by atoms with van der Waals surface area (Å²) in [5.41, 5.74) is 1.53. The monoisotopic (exact) mass is 409 g/mol. The smallest absolute Gasteiger partial charge is 0.315 e. The summed E-state index contributed by atoms with van der Waals surface area (Å²) < 4.78 is 10.5. The zero-order valence-corrected chi connectivity index (χ0v) is 17.4. The number of nitrogens with zero attached hydrogens (tertiary/aromatic N) is 3. The maximum absolute atomic E-state index is 12.2. The Morgan fingerprint density at radius 1 is 1.20 bits per heavy atom. The number of aromatic nitrogens is 1. The molecule has 1 aromatic carbocycles. The van der Waals surface area contributed by atoms with Gasteiger partial charge in [-0.05, 0) is 48.6 Å². The lowest BCUT2D eigenvalue weighted by atomic mass is 9.96. The molecule has 0 bridgehead atoms. The van der Waals surface area contributed by atoms with E-state index >= 15 is 0 Å². The number of hydrogen-bond donors (Lipinski definition) is 2. The van der Waals surface area contributed by atoms with Gasteiger partial charge in [0.25, 0.3) is 0 Å². The number of urea groups is 1. The summed E-state index contributed by atoms with van der Waals surface area (Å²) in [4.78, 5) is 18.7. The predicted octanol–water partition coefficient (Wildman–Crippen LogP) is 2.69. The molecule has 8 nitrogen and oxygen atoms in total. The van der Waals surface area contributed by atoms with Crippen LogP contribution in [0.25, 0.3) is 0 Å². The third-order valence-electron chi connectivity index (χ3n) is 5.27. The summed E-state index contributed by atoms with van der Waals surface area (Å²) in [7, 11) is 3.18. The van der Waals surface area contributed by atoms with Gasteiger partial charge in [-0.2, -0.15) is 5.26 Å². The van der Waals surface area contributed by atoms with Crippen LogP contribution in [-0.4, -0.2) is 44.9 Å². The first kappa shape index (κ1) is 21.2. The molecule has 0 radical (unpaired) electrons. The first-order chi connectivity index (χ1) is 14.6. The molecule has 0 spiro atoms. The second kappa shape index (κ2) is 10.3. The van der Waals surface area contributed by atoms with E-state index in [2.05, 4.69) is 26.6 Å². The van der Waals surface area contributed by atoms with Crippen molar-refractivity contribution in [2.75, 3.05) is 38.8 Å². The summed E-state index contributed by atoms with van der Waals surface area (Å²) in [6, 6.07) is 11.1. The van der Waals surface area contributed by atoms with Crippen molar-refractivity contribution in [1.82, 2.24) is 15.6 Å². The van der Waals surface area contributed by atoms with E-state index in [1.807, 2.05) is 18.2 Å². The lowest BCUT2D eigenvalue weighted by Crippen LogP contribution is -2.42. The van der Waals surface area contributed by atoms with Gasteiger partial charge in [0.2, 0.25) is 0 Å². The Labute approximate surface area is 176 Å². The highest BCUT2D eigenvalue weighted by Crippen LogP contribution is 2.27.